The Bertz CT molecular complexity index is 1070. The van der Waals surface area contributed by atoms with Crippen molar-refractivity contribution in [1.29, 1.82) is 0 Å². The monoisotopic (exact) mass is 499 g/mol. The number of piperidine rings is 1. The average molecular weight is 500 g/mol. The SMILES string of the molecule is C=CC(=O)NC1C(C)CN(S(=O)(=O)c2ccc(NC(=O)C34CC5CC(CC(C5)C3)C4)cc2)CC1C. The Kier molecular flexibility index (Phi) is 6.33. The molecule has 190 valence electrons. The minimum atomic E-state index is -3.68. The van der Waals surface area contributed by atoms with Gasteiger partial charge in [-0.05, 0) is 98.5 Å². The van der Waals surface area contributed by atoms with E-state index in [4.69, 9.17) is 0 Å². The van der Waals surface area contributed by atoms with E-state index in [1.165, 1.54) is 29.6 Å². The lowest BCUT2D eigenvalue weighted by atomic mass is 9.49. The first-order valence-corrected chi connectivity index (χ1v) is 14.4. The number of amides is 2. The predicted molar refractivity (Wildman–Crippen MR) is 135 cm³/mol. The van der Waals surface area contributed by atoms with Crippen molar-refractivity contribution in [2.75, 3.05) is 18.4 Å². The second kappa shape index (κ2) is 9.04. The molecule has 2 amide bonds. The van der Waals surface area contributed by atoms with E-state index in [1.807, 2.05) is 13.8 Å². The van der Waals surface area contributed by atoms with Crippen LogP contribution in [0.3, 0.4) is 0 Å². The fraction of sp³-hybridized carbons (Fsp3) is 0.630. The Hall–Kier alpha value is -2.19. The van der Waals surface area contributed by atoms with Crippen molar-refractivity contribution >= 4 is 27.5 Å². The first-order valence-electron chi connectivity index (χ1n) is 12.9. The zero-order valence-corrected chi connectivity index (χ0v) is 21.5. The van der Waals surface area contributed by atoms with Crippen LogP contribution in [0.15, 0.2) is 41.8 Å². The summed E-state index contributed by atoms with van der Waals surface area (Å²) in [6.45, 7) is 8.07. The van der Waals surface area contributed by atoms with Gasteiger partial charge in [-0.25, -0.2) is 8.42 Å². The smallest absolute Gasteiger partial charge is 0.243 e. The zero-order valence-electron chi connectivity index (χ0n) is 20.7. The van der Waals surface area contributed by atoms with E-state index in [2.05, 4.69) is 17.2 Å². The van der Waals surface area contributed by atoms with Gasteiger partial charge in [-0.2, -0.15) is 4.31 Å². The Morgan fingerprint density at radius 3 is 1.97 bits per heavy atom. The van der Waals surface area contributed by atoms with E-state index in [-0.39, 0.29) is 40.0 Å². The molecule has 2 unspecified atom stereocenters. The average Bonchev–Trinajstić information content (AvgIpc) is 2.80. The van der Waals surface area contributed by atoms with Gasteiger partial charge in [0.25, 0.3) is 0 Å². The van der Waals surface area contributed by atoms with E-state index in [9.17, 15) is 18.0 Å². The first-order chi connectivity index (χ1) is 16.6. The molecule has 1 heterocycles. The van der Waals surface area contributed by atoms with Crippen LogP contribution in [0.2, 0.25) is 0 Å². The number of rotatable bonds is 6. The molecule has 7 nitrogen and oxygen atoms in total. The summed E-state index contributed by atoms with van der Waals surface area (Å²) in [5.41, 5.74) is 0.411. The molecule has 8 heteroatoms. The van der Waals surface area contributed by atoms with Crippen molar-refractivity contribution in [3.63, 3.8) is 0 Å². The highest BCUT2D eigenvalue weighted by molar-refractivity contribution is 7.89. The minimum absolute atomic E-state index is 0.0312. The summed E-state index contributed by atoms with van der Waals surface area (Å²) in [5.74, 6) is 1.89. The minimum Gasteiger partial charge on any atom is -0.349 e. The molecule has 0 spiro atoms. The molecule has 2 N–H and O–H groups in total. The fourth-order valence-electron chi connectivity index (χ4n) is 7.72. The molecule has 0 radical (unpaired) electrons. The topological polar surface area (TPSA) is 95.6 Å². The van der Waals surface area contributed by atoms with Crippen LogP contribution in [0.1, 0.15) is 52.4 Å². The lowest BCUT2D eigenvalue weighted by Crippen LogP contribution is -2.55. The number of sulfonamides is 1. The Labute approximate surface area is 208 Å². The second-order valence-electron chi connectivity index (χ2n) is 11.7. The maximum Gasteiger partial charge on any atom is 0.243 e. The normalized spacial score (nSPS) is 36.5. The van der Waals surface area contributed by atoms with Crippen LogP contribution < -0.4 is 10.6 Å². The molecule has 6 rings (SSSR count). The molecular weight excluding hydrogens is 462 g/mol. The van der Waals surface area contributed by atoms with Gasteiger partial charge in [-0.1, -0.05) is 20.4 Å². The van der Waals surface area contributed by atoms with Crippen molar-refractivity contribution in [3.05, 3.63) is 36.9 Å². The van der Waals surface area contributed by atoms with Gasteiger partial charge in [0.05, 0.1) is 10.3 Å². The van der Waals surface area contributed by atoms with E-state index >= 15 is 0 Å². The quantitative estimate of drug-likeness (QED) is 0.582. The van der Waals surface area contributed by atoms with E-state index < -0.39 is 10.0 Å². The molecule has 1 aliphatic heterocycles. The molecule has 4 saturated carbocycles. The highest BCUT2D eigenvalue weighted by Crippen LogP contribution is 2.60. The summed E-state index contributed by atoms with van der Waals surface area (Å²) in [5, 5.41) is 6.04. The third-order valence-electron chi connectivity index (χ3n) is 8.97. The Balaban J connectivity index is 1.25. The van der Waals surface area contributed by atoms with Crippen molar-refractivity contribution in [2.45, 2.75) is 63.3 Å². The van der Waals surface area contributed by atoms with Gasteiger partial charge in [-0.15, -0.1) is 0 Å². The number of carbonyl (C=O) groups is 2. The molecule has 4 aliphatic carbocycles. The predicted octanol–water partition coefficient (Wildman–Crippen LogP) is 3.79. The van der Waals surface area contributed by atoms with Crippen LogP contribution in [-0.2, 0) is 19.6 Å². The Morgan fingerprint density at radius 2 is 1.49 bits per heavy atom. The molecule has 5 aliphatic rings. The van der Waals surface area contributed by atoms with E-state index in [0.717, 1.165) is 19.3 Å². The fourth-order valence-corrected chi connectivity index (χ4v) is 9.36. The van der Waals surface area contributed by atoms with E-state index in [1.54, 1.807) is 24.3 Å². The molecule has 1 saturated heterocycles. The van der Waals surface area contributed by atoms with Gasteiger partial charge in [0.15, 0.2) is 0 Å². The highest BCUT2D eigenvalue weighted by atomic mass is 32.2. The van der Waals surface area contributed by atoms with Gasteiger partial charge in [0.2, 0.25) is 21.8 Å². The third kappa shape index (κ3) is 4.55. The van der Waals surface area contributed by atoms with Crippen LogP contribution in [0.25, 0.3) is 0 Å². The molecule has 1 aromatic carbocycles. The highest BCUT2D eigenvalue weighted by Gasteiger charge is 2.54. The van der Waals surface area contributed by atoms with Gasteiger partial charge in [0.1, 0.15) is 0 Å². The second-order valence-corrected chi connectivity index (χ2v) is 13.6. The lowest BCUT2D eigenvalue weighted by Gasteiger charge is -2.55. The summed E-state index contributed by atoms with van der Waals surface area (Å²) in [7, 11) is -3.68. The molecule has 5 fully saturated rings. The molecule has 1 aromatic rings. The molecular formula is C27H37N3O4S. The largest absolute Gasteiger partial charge is 0.349 e. The summed E-state index contributed by atoms with van der Waals surface area (Å²) < 4.78 is 28.2. The number of anilines is 1. The number of benzene rings is 1. The van der Waals surface area contributed by atoms with Crippen LogP contribution >= 0.6 is 0 Å². The molecule has 4 bridgehead atoms. The third-order valence-corrected chi connectivity index (χ3v) is 10.8. The summed E-state index contributed by atoms with van der Waals surface area (Å²) in [4.78, 5) is 25.3. The van der Waals surface area contributed by atoms with Crippen LogP contribution in [-0.4, -0.2) is 43.7 Å². The van der Waals surface area contributed by atoms with E-state index in [0.29, 0.717) is 36.5 Å². The Morgan fingerprint density at radius 1 is 0.971 bits per heavy atom. The zero-order chi connectivity index (χ0) is 25.0. The van der Waals surface area contributed by atoms with Crippen LogP contribution in [0, 0.1) is 35.0 Å². The summed E-state index contributed by atoms with van der Waals surface area (Å²) >= 11 is 0. The van der Waals surface area contributed by atoms with Gasteiger partial charge in [0, 0.05) is 24.8 Å². The number of carbonyl (C=O) groups excluding carboxylic acids is 2. The number of nitrogens with zero attached hydrogens (tertiary/aromatic N) is 1. The van der Waals surface area contributed by atoms with Crippen molar-refractivity contribution in [2.24, 2.45) is 35.0 Å². The van der Waals surface area contributed by atoms with Crippen LogP contribution in [0.4, 0.5) is 5.69 Å². The number of hydrogen-bond acceptors (Lipinski definition) is 4. The van der Waals surface area contributed by atoms with Gasteiger partial charge < -0.3 is 10.6 Å². The maximum atomic E-state index is 13.4. The first kappa shape index (κ1) is 24.5. The van der Waals surface area contributed by atoms with Gasteiger partial charge in [-0.3, -0.25) is 9.59 Å². The van der Waals surface area contributed by atoms with Crippen molar-refractivity contribution in [3.8, 4) is 0 Å². The number of nitrogens with one attached hydrogen (secondary N) is 2. The lowest BCUT2D eigenvalue weighted by molar-refractivity contribution is -0.140. The molecule has 35 heavy (non-hydrogen) atoms. The maximum absolute atomic E-state index is 13.4. The van der Waals surface area contributed by atoms with Crippen molar-refractivity contribution in [1.82, 2.24) is 9.62 Å². The van der Waals surface area contributed by atoms with Crippen LogP contribution in [0.5, 0.6) is 0 Å². The summed E-state index contributed by atoms with van der Waals surface area (Å²) in [6.07, 6.45) is 8.09. The van der Waals surface area contributed by atoms with Gasteiger partial charge >= 0.3 is 0 Å². The summed E-state index contributed by atoms with van der Waals surface area (Å²) in [6, 6.07) is 6.48. The molecule has 0 aromatic heterocycles. The molecule has 2 atom stereocenters. The van der Waals surface area contributed by atoms with Crippen molar-refractivity contribution < 1.29 is 18.0 Å². The number of hydrogen-bond donors (Lipinski definition) is 2. The standard InChI is InChI=1S/C27H37N3O4S/c1-4-24(31)29-25-17(2)15-30(16-18(25)3)35(33,34)23-7-5-22(6-8-23)28-26(32)27-12-19-9-20(13-27)11-21(10-19)14-27/h4-8,17-21,25H,1,9-16H2,2-3H3,(H,28,32)(H,29,31).